The van der Waals surface area contributed by atoms with Gasteiger partial charge in [0, 0.05) is 12.7 Å². The molecule has 0 aromatic carbocycles. The van der Waals surface area contributed by atoms with E-state index in [0.29, 0.717) is 18.1 Å². The molecule has 0 saturated carbocycles. The Morgan fingerprint density at radius 1 is 1.41 bits per heavy atom. The van der Waals surface area contributed by atoms with Gasteiger partial charge in [0.25, 0.3) is 0 Å². The minimum atomic E-state index is -0.0176. The molecule has 1 aromatic rings. The Balaban J connectivity index is 2.54. The number of ether oxygens (including phenoxy) is 1. The van der Waals surface area contributed by atoms with Crippen LogP contribution in [-0.4, -0.2) is 41.9 Å². The van der Waals surface area contributed by atoms with Crippen LogP contribution in [0.2, 0.25) is 0 Å². The Morgan fingerprint density at radius 2 is 2.12 bits per heavy atom. The molecule has 0 spiro atoms. The van der Waals surface area contributed by atoms with Gasteiger partial charge >= 0.3 is 0 Å². The highest BCUT2D eigenvalue weighted by Gasteiger charge is 2.09. The standard InChI is InChI=1S/C13H20N2O2/c1-4-15(5-2)9-10-17-13-12(11(3)16)7-6-8-14-13/h6-8H,4-5,9-10H2,1-3H3. The second-order valence-electron chi connectivity index (χ2n) is 3.79. The van der Waals surface area contributed by atoms with E-state index in [1.54, 1.807) is 18.3 Å². The van der Waals surface area contributed by atoms with Crippen LogP contribution in [0, 0.1) is 0 Å². The number of hydrogen-bond donors (Lipinski definition) is 0. The highest BCUT2D eigenvalue weighted by Crippen LogP contribution is 2.14. The normalized spacial score (nSPS) is 10.6. The van der Waals surface area contributed by atoms with Crippen LogP contribution in [0.1, 0.15) is 31.1 Å². The zero-order valence-corrected chi connectivity index (χ0v) is 10.8. The number of carbonyl (C=O) groups excluding carboxylic acids is 1. The molecule has 0 saturated heterocycles. The minimum absolute atomic E-state index is 0.0176. The van der Waals surface area contributed by atoms with Gasteiger partial charge in [-0.25, -0.2) is 4.98 Å². The maximum absolute atomic E-state index is 11.3. The maximum atomic E-state index is 11.3. The topological polar surface area (TPSA) is 42.4 Å². The molecule has 4 heteroatoms. The summed E-state index contributed by atoms with van der Waals surface area (Å²) in [4.78, 5) is 17.7. The fourth-order valence-electron chi connectivity index (χ4n) is 1.59. The van der Waals surface area contributed by atoms with E-state index in [4.69, 9.17) is 4.74 Å². The van der Waals surface area contributed by atoms with Gasteiger partial charge < -0.3 is 9.64 Å². The largest absolute Gasteiger partial charge is 0.476 e. The van der Waals surface area contributed by atoms with Crippen LogP contribution in [0.3, 0.4) is 0 Å². The van der Waals surface area contributed by atoms with Gasteiger partial charge in [-0.05, 0) is 32.1 Å². The molecule has 0 N–H and O–H groups in total. The molecular formula is C13H20N2O2. The van der Waals surface area contributed by atoms with Gasteiger partial charge in [-0.2, -0.15) is 0 Å². The molecular weight excluding hydrogens is 216 g/mol. The Labute approximate surface area is 103 Å². The molecule has 94 valence electrons. The van der Waals surface area contributed by atoms with Crippen LogP contribution in [0.4, 0.5) is 0 Å². The fourth-order valence-corrected chi connectivity index (χ4v) is 1.59. The third kappa shape index (κ3) is 4.15. The highest BCUT2D eigenvalue weighted by atomic mass is 16.5. The van der Waals surface area contributed by atoms with Crippen molar-refractivity contribution in [2.45, 2.75) is 20.8 Å². The molecule has 0 unspecified atom stereocenters. The molecule has 0 atom stereocenters. The average molecular weight is 236 g/mol. The first-order valence-electron chi connectivity index (χ1n) is 6.00. The van der Waals surface area contributed by atoms with E-state index in [-0.39, 0.29) is 5.78 Å². The van der Waals surface area contributed by atoms with Crippen molar-refractivity contribution in [3.63, 3.8) is 0 Å². The van der Waals surface area contributed by atoms with E-state index in [0.717, 1.165) is 19.6 Å². The van der Waals surface area contributed by atoms with Gasteiger partial charge in [0.1, 0.15) is 6.61 Å². The summed E-state index contributed by atoms with van der Waals surface area (Å²) in [6.45, 7) is 9.16. The maximum Gasteiger partial charge on any atom is 0.224 e. The molecule has 17 heavy (non-hydrogen) atoms. The molecule has 1 aromatic heterocycles. The van der Waals surface area contributed by atoms with E-state index < -0.39 is 0 Å². The lowest BCUT2D eigenvalue weighted by Gasteiger charge is -2.18. The highest BCUT2D eigenvalue weighted by molar-refractivity contribution is 5.96. The van der Waals surface area contributed by atoms with Crippen molar-refractivity contribution in [2.75, 3.05) is 26.2 Å². The van der Waals surface area contributed by atoms with Gasteiger partial charge in [0.15, 0.2) is 5.78 Å². The summed E-state index contributed by atoms with van der Waals surface area (Å²) in [6.07, 6.45) is 1.64. The molecule has 0 aliphatic carbocycles. The predicted octanol–water partition coefficient (Wildman–Crippen LogP) is 2.00. The number of hydrogen-bond acceptors (Lipinski definition) is 4. The Morgan fingerprint density at radius 3 is 2.71 bits per heavy atom. The van der Waals surface area contributed by atoms with Crippen molar-refractivity contribution in [3.8, 4) is 5.88 Å². The van der Waals surface area contributed by atoms with Crippen molar-refractivity contribution in [3.05, 3.63) is 23.9 Å². The number of likely N-dealkylation sites (N-methyl/N-ethyl adjacent to an activating group) is 1. The van der Waals surface area contributed by atoms with Crippen LogP contribution in [-0.2, 0) is 0 Å². The van der Waals surface area contributed by atoms with Crippen molar-refractivity contribution < 1.29 is 9.53 Å². The van der Waals surface area contributed by atoms with Gasteiger partial charge in [0.05, 0.1) is 5.56 Å². The van der Waals surface area contributed by atoms with Crippen molar-refractivity contribution in [2.24, 2.45) is 0 Å². The van der Waals surface area contributed by atoms with Crippen molar-refractivity contribution >= 4 is 5.78 Å². The van der Waals surface area contributed by atoms with Gasteiger partial charge in [-0.15, -0.1) is 0 Å². The van der Waals surface area contributed by atoms with Crippen LogP contribution in [0.15, 0.2) is 18.3 Å². The lowest BCUT2D eigenvalue weighted by molar-refractivity contribution is 0.101. The van der Waals surface area contributed by atoms with Crippen LogP contribution in [0.5, 0.6) is 5.88 Å². The fraction of sp³-hybridized carbons (Fsp3) is 0.538. The number of aromatic nitrogens is 1. The zero-order chi connectivity index (χ0) is 12.7. The molecule has 1 heterocycles. The lowest BCUT2D eigenvalue weighted by atomic mass is 10.2. The monoisotopic (exact) mass is 236 g/mol. The van der Waals surface area contributed by atoms with Crippen LogP contribution in [0.25, 0.3) is 0 Å². The Bertz CT molecular complexity index is 362. The number of rotatable bonds is 7. The van der Waals surface area contributed by atoms with Crippen molar-refractivity contribution in [1.29, 1.82) is 0 Å². The zero-order valence-electron chi connectivity index (χ0n) is 10.8. The number of ketones is 1. The molecule has 0 amide bonds. The van der Waals surface area contributed by atoms with E-state index in [1.165, 1.54) is 6.92 Å². The molecule has 0 aliphatic heterocycles. The summed E-state index contributed by atoms with van der Waals surface area (Å²) in [5.74, 6) is 0.420. The summed E-state index contributed by atoms with van der Waals surface area (Å²) >= 11 is 0. The van der Waals surface area contributed by atoms with Crippen molar-refractivity contribution in [1.82, 2.24) is 9.88 Å². The minimum Gasteiger partial charge on any atom is -0.476 e. The van der Waals surface area contributed by atoms with Gasteiger partial charge in [-0.1, -0.05) is 13.8 Å². The third-order valence-corrected chi connectivity index (χ3v) is 2.69. The summed E-state index contributed by atoms with van der Waals surface area (Å²) < 4.78 is 5.56. The van der Waals surface area contributed by atoms with E-state index in [9.17, 15) is 4.79 Å². The number of nitrogens with zero attached hydrogens (tertiary/aromatic N) is 2. The lowest BCUT2D eigenvalue weighted by Crippen LogP contribution is -2.28. The average Bonchev–Trinajstić information content (AvgIpc) is 2.35. The smallest absolute Gasteiger partial charge is 0.224 e. The number of Topliss-reactive ketones (excluding diaryl/α,β-unsaturated/α-hetero) is 1. The first-order chi connectivity index (χ1) is 8.19. The first-order valence-corrected chi connectivity index (χ1v) is 6.00. The summed E-state index contributed by atoms with van der Waals surface area (Å²) in [7, 11) is 0. The van der Waals surface area contributed by atoms with Crippen LogP contribution >= 0.6 is 0 Å². The molecule has 0 radical (unpaired) electrons. The Kier molecular flexibility index (Phi) is 5.63. The van der Waals surface area contributed by atoms with Crippen LogP contribution < -0.4 is 4.74 Å². The van der Waals surface area contributed by atoms with Gasteiger partial charge in [-0.3, -0.25) is 4.79 Å². The van der Waals surface area contributed by atoms with E-state index >= 15 is 0 Å². The molecule has 1 rings (SSSR count). The third-order valence-electron chi connectivity index (χ3n) is 2.69. The summed E-state index contributed by atoms with van der Waals surface area (Å²) in [5, 5.41) is 0. The van der Waals surface area contributed by atoms with E-state index in [2.05, 4.69) is 23.7 Å². The number of carbonyl (C=O) groups is 1. The van der Waals surface area contributed by atoms with Gasteiger partial charge in [0.2, 0.25) is 5.88 Å². The second kappa shape index (κ2) is 7.01. The molecule has 4 nitrogen and oxygen atoms in total. The number of pyridine rings is 1. The predicted molar refractivity (Wildman–Crippen MR) is 67.5 cm³/mol. The second-order valence-corrected chi connectivity index (χ2v) is 3.79. The molecule has 0 bridgehead atoms. The molecule has 0 fully saturated rings. The Hall–Kier alpha value is -1.42. The summed E-state index contributed by atoms with van der Waals surface area (Å²) in [6, 6.07) is 3.48. The molecule has 0 aliphatic rings. The summed E-state index contributed by atoms with van der Waals surface area (Å²) in [5.41, 5.74) is 0.548. The van der Waals surface area contributed by atoms with E-state index in [1.807, 2.05) is 0 Å². The quantitative estimate of drug-likeness (QED) is 0.679. The first kappa shape index (κ1) is 13.6. The SMILES string of the molecule is CCN(CC)CCOc1ncccc1C(C)=O.